The Hall–Kier alpha value is -4.13. The van der Waals surface area contributed by atoms with Gasteiger partial charge >= 0.3 is 11.9 Å². The fourth-order valence-corrected chi connectivity index (χ4v) is 2.96. The highest BCUT2D eigenvalue weighted by molar-refractivity contribution is 6.08. The highest BCUT2D eigenvalue weighted by Crippen LogP contribution is 2.33. The molecule has 0 spiro atoms. The van der Waals surface area contributed by atoms with Crippen LogP contribution in [0.25, 0.3) is 0 Å². The quantitative estimate of drug-likeness (QED) is 0.215. The molecule has 3 aromatic rings. The molecule has 0 aliphatic heterocycles. The number of para-hydroxylation sites is 2. The molecule has 7 heteroatoms. The van der Waals surface area contributed by atoms with E-state index in [4.69, 9.17) is 14.2 Å². The first-order chi connectivity index (χ1) is 15.5. The van der Waals surface area contributed by atoms with Crippen LogP contribution in [-0.4, -0.2) is 31.9 Å². The molecule has 32 heavy (non-hydrogen) atoms. The number of carbonyl (C=O) groups is 3. The van der Waals surface area contributed by atoms with Crippen LogP contribution in [0.3, 0.4) is 0 Å². The van der Waals surface area contributed by atoms with Gasteiger partial charge in [0.2, 0.25) is 0 Å². The molecule has 3 aromatic carbocycles. The van der Waals surface area contributed by atoms with Crippen molar-refractivity contribution < 1.29 is 33.3 Å². The van der Waals surface area contributed by atoms with Crippen molar-refractivity contribution in [2.45, 2.75) is 13.0 Å². The second-order valence-electron chi connectivity index (χ2n) is 6.67. The molecule has 164 valence electrons. The first kappa shape index (κ1) is 22.6. The molecule has 0 saturated carbocycles. The standard InChI is InChI=1S/C25H22O7/c1-29-22-14-8-12-19(24(22)31-16-17-9-4-3-5-10-17)25(28)32-21-13-7-6-11-18(21)20(26)15-23(27)30-2/h3-14H,15-16H2,1-2H3. The topological polar surface area (TPSA) is 88.1 Å². The summed E-state index contributed by atoms with van der Waals surface area (Å²) in [6.45, 7) is 0.218. The number of hydrogen-bond donors (Lipinski definition) is 0. The first-order valence-corrected chi connectivity index (χ1v) is 9.78. The largest absolute Gasteiger partial charge is 0.493 e. The number of hydrogen-bond acceptors (Lipinski definition) is 7. The summed E-state index contributed by atoms with van der Waals surface area (Å²) in [5.74, 6) is -1.31. The van der Waals surface area contributed by atoms with Gasteiger partial charge in [0.15, 0.2) is 17.3 Å². The van der Waals surface area contributed by atoms with Crippen LogP contribution in [0.4, 0.5) is 0 Å². The number of carbonyl (C=O) groups excluding carboxylic acids is 3. The Labute approximate surface area is 185 Å². The van der Waals surface area contributed by atoms with Crippen molar-refractivity contribution in [3.05, 3.63) is 89.5 Å². The molecule has 0 fully saturated rings. The minimum absolute atomic E-state index is 0.0308. The summed E-state index contributed by atoms with van der Waals surface area (Å²) >= 11 is 0. The van der Waals surface area contributed by atoms with E-state index in [1.165, 1.54) is 26.4 Å². The molecule has 0 bridgehead atoms. The smallest absolute Gasteiger partial charge is 0.347 e. The van der Waals surface area contributed by atoms with Crippen LogP contribution < -0.4 is 14.2 Å². The second-order valence-corrected chi connectivity index (χ2v) is 6.67. The number of Topliss-reactive ketones (excluding diaryl/α,β-unsaturated/α-hetero) is 1. The van der Waals surface area contributed by atoms with Crippen molar-refractivity contribution in [2.24, 2.45) is 0 Å². The Bertz CT molecular complexity index is 1110. The number of methoxy groups -OCH3 is 2. The molecular formula is C25H22O7. The third-order valence-corrected chi connectivity index (χ3v) is 4.57. The highest BCUT2D eigenvalue weighted by Gasteiger charge is 2.22. The third-order valence-electron chi connectivity index (χ3n) is 4.57. The third kappa shape index (κ3) is 5.51. The maximum absolute atomic E-state index is 13.0. The van der Waals surface area contributed by atoms with E-state index < -0.39 is 24.1 Å². The Morgan fingerprint density at radius 2 is 1.41 bits per heavy atom. The van der Waals surface area contributed by atoms with Crippen LogP contribution >= 0.6 is 0 Å². The molecule has 0 radical (unpaired) electrons. The van der Waals surface area contributed by atoms with Crippen molar-refractivity contribution in [2.75, 3.05) is 14.2 Å². The zero-order chi connectivity index (χ0) is 22.9. The summed E-state index contributed by atoms with van der Waals surface area (Å²) in [5, 5.41) is 0. The van der Waals surface area contributed by atoms with E-state index in [0.29, 0.717) is 5.75 Å². The van der Waals surface area contributed by atoms with Gasteiger partial charge in [-0.15, -0.1) is 0 Å². The number of ketones is 1. The van der Waals surface area contributed by atoms with Gasteiger partial charge in [-0.05, 0) is 29.8 Å². The molecule has 0 N–H and O–H groups in total. The van der Waals surface area contributed by atoms with Crippen LogP contribution in [-0.2, 0) is 16.1 Å². The molecule has 0 saturated heterocycles. The Kier molecular flexibility index (Phi) is 7.59. The fraction of sp³-hybridized carbons (Fsp3) is 0.160. The van der Waals surface area contributed by atoms with Crippen LogP contribution in [0.15, 0.2) is 72.8 Å². The molecule has 0 aliphatic rings. The lowest BCUT2D eigenvalue weighted by Gasteiger charge is -2.15. The van der Waals surface area contributed by atoms with Gasteiger partial charge in [0, 0.05) is 0 Å². The molecule has 3 rings (SSSR count). The molecule has 0 aliphatic carbocycles. The van der Waals surface area contributed by atoms with Crippen LogP contribution in [0.1, 0.15) is 32.7 Å². The van der Waals surface area contributed by atoms with Gasteiger partial charge < -0.3 is 18.9 Å². The lowest BCUT2D eigenvalue weighted by molar-refractivity contribution is -0.139. The van der Waals surface area contributed by atoms with Crippen molar-refractivity contribution >= 4 is 17.7 Å². The lowest BCUT2D eigenvalue weighted by Crippen LogP contribution is -2.15. The average Bonchev–Trinajstić information content (AvgIpc) is 2.83. The molecule has 0 heterocycles. The molecule has 0 amide bonds. The number of esters is 2. The number of rotatable bonds is 9. The van der Waals surface area contributed by atoms with E-state index in [1.54, 1.807) is 30.3 Å². The summed E-state index contributed by atoms with van der Waals surface area (Å²) in [6.07, 6.45) is -0.463. The van der Waals surface area contributed by atoms with E-state index in [1.807, 2.05) is 30.3 Å². The molecular weight excluding hydrogens is 412 g/mol. The maximum Gasteiger partial charge on any atom is 0.347 e. The van der Waals surface area contributed by atoms with Gasteiger partial charge in [0.05, 0.1) is 19.8 Å². The van der Waals surface area contributed by atoms with Gasteiger partial charge in [-0.25, -0.2) is 4.79 Å². The summed E-state index contributed by atoms with van der Waals surface area (Å²) in [5.41, 5.74) is 1.15. The molecule has 0 atom stereocenters. The van der Waals surface area contributed by atoms with Crippen LogP contribution in [0, 0.1) is 0 Å². The normalized spacial score (nSPS) is 10.2. The lowest BCUT2D eigenvalue weighted by atomic mass is 10.1. The first-order valence-electron chi connectivity index (χ1n) is 9.78. The van der Waals surface area contributed by atoms with Gasteiger partial charge in [-0.3, -0.25) is 9.59 Å². The van der Waals surface area contributed by atoms with Gasteiger partial charge in [0.1, 0.15) is 24.3 Å². The Morgan fingerprint density at radius 1 is 0.750 bits per heavy atom. The fourth-order valence-electron chi connectivity index (χ4n) is 2.96. The predicted octanol–water partition coefficient (Wildman–Crippen LogP) is 4.24. The molecule has 7 nitrogen and oxygen atoms in total. The van der Waals surface area contributed by atoms with E-state index in [2.05, 4.69) is 4.74 Å². The van der Waals surface area contributed by atoms with E-state index in [9.17, 15) is 14.4 Å². The van der Waals surface area contributed by atoms with Crippen molar-refractivity contribution in [1.82, 2.24) is 0 Å². The summed E-state index contributed by atoms with van der Waals surface area (Å²) in [7, 11) is 2.67. The van der Waals surface area contributed by atoms with E-state index in [0.717, 1.165) is 5.56 Å². The van der Waals surface area contributed by atoms with Crippen LogP contribution in [0.2, 0.25) is 0 Å². The summed E-state index contributed by atoms with van der Waals surface area (Å²) in [4.78, 5) is 36.9. The minimum atomic E-state index is -0.731. The summed E-state index contributed by atoms with van der Waals surface area (Å²) in [6, 6.07) is 20.5. The van der Waals surface area contributed by atoms with Gasteiger partial charge in [-0.1, -0.05) is 48.5 Å². The highest BCUT2D eigenvalue weighted by atomic mass is 16.5. The van der Waals surface area contributed by atoms with Crippen molar-refractivity contribution in [3.8, 4) is 17.2 Å². The van der Waals surface area contributed by atoms with E-state index in [-0.39, 0.29) is 29.2 Å². The minimum Gasteiger partial charge on any atom is -0.493 e. The Morgan fingerprint density at radius 3 is 2.12 bits per heavy atom. The van der Waals surface area contributed by atoms with E-state index >= 15 is 0 Å². The zero-order valence-electron chi connectivity index (χ0n) is 17.7. The predicted molar refractivity (Wildman–Crippen MR) is 116 cm³/mol. The average molecular weight is 434 g/mol. The zero-order valence-corrected chi connectivity index (χ0v) is 17.7. The van der Waals surface area contributed by atoms with Crippen molar-refractivity contribution in [1.29, 1.82) is 0 Å². The summed E-state index contributed by atoms with van der Waals surface area (Å²) < 4.78 is 21.3. The maximum atomic E-state index is 13.0. The number of ether oxygens (including phenoxy) is 4. The second kappa shape index (κ2) is 10.8. The van der Waals surface area contributed by atoms with Crippen molar-refractivity contribution in [3.63, 3.8) is 0 Å². The molecule has 0 aromatic heterocycles. The number of benzene rings is 3. The SMILES string of the molecule is COC(=O)CC(=O)c1ccccc1OC(=O)c1cccc(OC)c1OCc1ccccc1. The van der Waals surface area contributed by atoms with Crippen LogP contribution in [0.5, 0.6) is 17.2 Å². The monoisotopic (exact) mass is 434 g/mol. The molecule has 0 unspecified atom stereocenters. The van der Waals surface area contributed by atoms with Gasteiger partial charge in [-0.2, -0.15) is 0 Å². The Balaban J connectivity index is 1.86. The van der Waals surface area contributed by atoms with Gasteiger partial charge in [0.25, 0.3) is 0 Å².